The van der Waals surface area contributed by atoms with Crippen molar-refractivity contribution >= 4 is 6.09 Å². The van der Waals surface area contributed by atoms with E-state index in [1.807, 2.05) is 20.8 Å². The Morgan fingerprint density at radius 2 is 2.05 bits per heavy atom. The van der Waals surface area contributed by atoms with Crippen LogP contribution in [0.5, 0.6) is 0 Å². The molecule has 0 spiro atoms. The van der Waals surface area contributed by atoms with Crippen molar-refractivity contribution in [2.45, 2.75) is 52.2 Å². The quantitative estimate of drug-likeness (QED) is 0.796. The number of hydrogen-bond acceptors (Lipinski definition) is 5. The minimum atomic E-state index is -0.485. The van der Waals surface area contributed by atoms with E-state index >= 15 is 0 Å². The van der Waals surface area contributed by atoms with Gasteiger partial charge in [0.15, 0.2) is 0 Å². The normalized spacial score (nSPS) is 20.8. The minimum absolute atomic E-state index is 0.129. The van der Waals surface area contributed by atoms with Gasteiger partial charge in [-0.25, -0.2) is 4.79 Å². The molecule has 0 radical (unpaired) electrons. The number of nitriles is 2. The summed E-state index contributed by atoms with van der Waals surface area (Å²) in [6.45, 7) is 10.2. The zero-order valence-electron chi connectivity index (χ0n) is 14.0. The molecule has 0 aromatic carbocycles. The molecule has 0 aromatic heterocycles. The Balaban J connectivity index is 2.51. The van der Waals surface area contributed by atoms with E-state index in [-0.39, 0.29) is 18.1 Å². The fraction of sp³-hybridized carbons (Fsp3) is 0.812. The molecule has 6 heteroatoms. The summed E-state index contributed by atoms with van der Waals surface area (Å²) in [5, 5.41) is 17.8. The summed E-state index contributed by atoms with van der Waals surface area (Å²) >= 11 is 0. The zero-order chi connectivity index (χ0) is 16.8. The Bertz CT molecular complexity index is 458. The summed E-state index contributed by atoms with van der Waals surface area (Å²) < 4.78 is 5.40. The second-order valence-electron chi connectivity index (χ2n) is 6.79. The summed E-state index contributed by atoms with van der Waals surface area (Å²) in [7, 11) is 0. The van der Waals surface area contributed by atoms with Gasteiger partial charge in [0, 0.05) is 38.6 Å². The van der Waals surface area contributed by atoms with Gasteiger partial charge in [0.1, 0.15) is 5.60 Å². The van der Waals surface area contributed by atoms with Crippen LogP contribution in [0, 0.1) is 28.6 Å². The molecule has 1 heterocycles. The highest BCUT2D eigenvalue weighted by Gasteiger charge is 2.30. The first kappa shape index (κ1) is 18.3. The van der Waals surface area contributed by atoms with Gasteiger partial charge in [0.05, 0.1) is 18.1 Å². The first-order valence-corrected chi connectivity index (χ1v) is 7.75. The third-order valence-corrected chi connectivity index (χ3v) is 3.66. The highest BCUT2D eigenvalue weighted by molar-refractivity contribution is 5.68. The average Bonchev–Trinajstić information content (AvgIpc) is 2.43. The standard InChI is InChI=1S/C16H26N4O2/c1-13-11-20(15(21)22-16(2,3)4)9-8-19(13)12-14(10-18)6-5-7-17/h13-14H,5-6,8-9,11-12H2,1-4H3/t13-,14+/m1/s1. The van der Waals surface area contributed by atoms with E-state index in [1.165, 1.54) is 0 Å². The van der Waals surface area contributed by atoms with Crippen molar-refractivity contribution in [2.24, 2.45) is 5.92 Å². The lowest BCUT2D eigenvalue weighted by molar-refractivity contribution is 0.00449. The summed E-state index contributed by atoms with van der Waals surface area (Å²) in [5.74, 6) is -0.129. The minimum Gasteiger partial charge on any atom is -0.444 e. The predicted octanol–water partition coefficient (Wildman–Crippen LogP) is 2.37. The SMILES string of the molecule is C[C@@H]1CN(C(=O)OC(C)(C)C)CCN1C[C@H](C#N)CCC#N. The molecule has 0 aliphatic carbocycles. The first-order chi connectivity index (χ1) is 10.3. The maximum absolute atomic E-state index is 12.1. The number of carbonyl (C=O) groups excluding carboxylic acids is 1. The van der Waals surface area contributed by atoms with Gasteiger partial charge in [-0.15, -0.1) is 0 Å². The molecule has 0 bridgehead atoms. The molecule has 22 heavy (non-hydrogen) atoms. The van der Waals surface area contributed by atoms with Gasteiger partial charge >= 0.3 is 6.09 Å². The Hall–Kier alpha value is -1.79. The Kier molecular flexibility index (Phi) is 6.64. The lowest BCUT2D eigenvalue weighted by Gasteiger charge is -2.40. The van der Waals surface area contributed by atoms with Crippen LogP contribution in [-0.4, -0.2) is 53.7 Å². The molecule has 1 fully saturated rings. The Morgan fingerprint density at radius 1 is 1.36 bits per heavy atom. The number of amides is 1. The van der Waals surface area contributed by atoms with Gasteiger partial charge < -0.3 is 9.64 Å². The molecule has 1 saturated heterocycles. The fourth-order valence-corrected chi connectivity index (χ4v) is 2.48. The molecule has 2 atom stereocenters. The van der Waals surface area contributed by atoms with Gasteiger partial charge in [0.25, 0.3) is 0 Å². The molecule has 0 aromatic rings. The van der Waals surface area contributed by atoms with Crippen molar-refractivity contribution in [2.75, 3.05) is 26.2 Å². The van der Waals surface area contributed by atoms with Crippen LogP contribution >= 0.6 is 0 Å². The fourth-order valence-electron chi connectivity index (χ4n) is 2.48. The second-order valence-corrected chi connectivity index (χ2v) is 6.79. The summed E-state index contributed by atoms with van der Waals surface area (Å²) in [6, 6.07) is 4.54. The molecule has 122 valence electrons. The monoisotopic (exact) mass is 306 g/mol. The smallest absolute Gasteiger partial charge is 0.410 e. The van der Waals surface area contributed by atoms with Crippen LogP contribution in [0.4, 0.5) is 4.79 Å². The lowest BCUT2D eigenvalue weighted by atomic mass is 10.0. The number of ether oxygens (including phenoxy) is 1. The number of rotatable bonds is 4. The highest BCUT2D eigenvalue weighted by atomic mass is 16.6. The van der Waals surface area contributed by atoms with Crippen LogP contribution < -0.4 is 0 Å². The summed E-state index contributed by atoms with van der Waals surface area (Å²) in [6.07, 6.45) is 0.733. The van der Waals surface area contributed by atoms with Crippen LogP contribution in [0.3, 0.4) is 0 Å². The van der Waals surface area contributed by atoms with E-state index in [0.29, 0.717) is 32.5 Å². The van der Waals surface area contributed by atoms with Crippen molar-refractivity contribution < 1.29 is 9.53 Å². The molecule has 0 N–H and O–H groups in total. The Morgan fingerprint density at radius 3 is 2.55 bits per heavy atom. The van der Waals surface area contributed by atoms with Gasteiger partial charge in [-0.2, -0.15) is 10.5 Å². The van der Waals surface area contributed by atoms with E-state index in [2.05, 4.69) is 24.0 Å². The van der Waals surface area contributed by atoms with Crippen LogP contribution in [0.2, 0.25) is 0 Å². The number of hydrogen-bond donors (Lipinski definition) is 0. The summed E-state index contributed by atoms with van der Waals surface area (Å²) in [4.78, 5) is 16.0. The molecule has 6 nitrogen and oxygen atoms in total. The molecule has 1 aliphatic heterocycles. The van der Waals surface area contributed by atoms with Crippen molar-refractivity contribution in [1.29, 1.82) is 10.5 Å². The lowest BCUT2D eigenvalue weighted by Crippen LogP contribution is -2.55. The first-order valence-electron chi connectivity index (χ1n) is 7.75. The van der Waals surface area contributed by atoms with Crippen LogP contribution in [0.25, 0.3) is 0 Å². The topological polar surface area (TPSA) is 80.4 Å². The molecule has 0 saturated carbocycles. The van der Waals surface area contributed by atoms with Gasteiger partial charge in [-0.05, 0) is 34.1 Å². The van der Waals surface area contributed by atoms with Crippen molar-refractivity contribution in [3.05, 3.63) is 0 Å². The van der Waals surface area contributed by atoms with E-state index in [4.69, 9.17) is 15.3 Å². The average molecular weight is 306 g/mol. The summed E-state index contributed by atoms with van der Waals surface area (Å²) in [5.41, 5.74) is -0.485. The van der Waals surface area contributed by atoms with Crippen LogP contribution in [-0.2, 0) is 4.74 Å². The van der Waals surface area contributed by atoms with Crippen molar-refractivity contribution in [3.8, 4) is 12.1 Å². The maximum atomic E-state index is 12.1. The van der Waals surface area contributed by atoms with E-state index < -0.39 is 5.60 Å². The van der Waals surface area contributed by atoms with E-state index in [0.717, 1.165) is 6.54 Å². The molecular formula is C16H26N4O2. The largest absolute Gasteiger partial charge is 0.444 e. The highest BCUT2D eigenvalue weighted by Crippen LogP contribution is 2.17. The number of nitrogens with zero attached hydrogens (tertiary/aromatic N) is 4. The van der Waals surface area contributed by atoms with Crippen LogP contribution in [0.15, 0.2) is 0 Å². The van der Waals surface area contributed by atoms with Crippen LogP contribution in [0.1, 0.15) is 40.5 Å². The van der Waals surface area contributed by atoms with Crippen molar-refractivity contribution in [1.82, 2.24) is 9.80 Å². The van der Waals surface area contributed by atoms with Gasteiger partial charge in [-0.3, -0.25) is 4.90 Å². The van der Waals surface area contributed by atoms with E-state index in [1.54, 1.807) is 4.90 Å². The van der Waals surface area contributed by atoms with E-state index in [9.17, 15) is 4.79 Å². The molecule has 0 unspecified atom stereocenters. The molecule has 1 rings (SSSR count). The molecule has 1 amide bonds. The maximum Gasteiger partial charge on any atom is 0.410 e. The third-order valence-electron chi connectivity index (χ3n) is 3.66. The Labute approximate surface area is 133 Å². The second kappa shape index (κ2) is 8.00. The molecule has 1 aliphatic rings. The zero-order valence-corrected chi connectivity index (χ0v) is 14.0. The van der Waals surface area contributed by atoms with Gasteiger partial charge in [0.2, 0.25) is 0 Å². The number of piperazine rings is 1. The van der Waals surface area contributed by atoms with Gasteiger partial charge in [-0.1, -0.05) is 0 Å². The predicted molar refractivity (Wildman–Crippen MR) is 82.8 cm³/mol. The number of carbonyl (C=O) groups is 1. The molecular weight excluding hydrogens is 280 g/mol. The van der Waals surface area contributed by atoms with Crippen molar-refractivity contribution in [3.63, 3.8) is 0 Å². The third kappa shape index (κ3) is 5.91.